The molecule has 0 aliphatic heterocycles. The van der Waals surface area contributed by atoms with Crippen LogP contribution in [0.15, 0.2) is 72.8 Å². The molecular formula is C19H15ClO. The molecule has 0 unspecified atom stereocenters. The summed E-state index contributed by atoms with van der Waals surface area (Å²) in [4.78, 5) is 0. The summed E-state index contributed by atoms with van der Waals surface area (Å²) in [6.07, 6.45) is 0. The van der Waals surface area contributed by atoms with Crippen LogP contribution in [0.3, 0.4) is 0 Å². The first-order chi connectivity index (χ1) is 10.3. The minimum Gasteiger partial charge on any atom is -0.497 e. The van der Waals surface area contributed by atoms with Gasteiger partial charge in [0.15, 0.2) is 0 Å². The molecule has 0 N–H and O–H groups in total. The lowest BCUT2D eigenvalue weighted by Crippen LogP contribution is -1.85. The van der Waals surface area contributed by atoms with Crippen molar-refractivity contribution in [1.29, 1.82) is 0 Å². The molecule has 0 heterocycles. The largest absolute Gasteiger partial charge is 0.497 e. The summed E-state index contributed by atoms with van der Waals surface area (Å²) in [7, 11) is 1.67. The highest BCUT2D eigenvalue weighted by atomic mass is 35.5. The van der Waals surface area contributed by atoms with E-state index in [1.165, 1.54) is 0 Å². The molecule has 0 radical (unpaired) electrons. The minimum absolute atomic E-state index is 0.740. The van der Waals surface area contributed by atoms with E-state index >= 15 is 0 Å². The van der Waals surface area contributed by atoms with Crippen molar-refractivity contribution in [2.24, 2.45) is 0 Å². The van der Waals surface area contributed by atoms with Crippen molar-refractivity contribution in [1.82, 2.24) is 0 Å². The quantitative estimate of drug-likeness (QED) is 0.603. The summed E-state index contributed by atoms with van der Waals surface area (Å²) in [5.41, 5.74) is 4.35. The predicted octanol–water partition coefficient (Wildman–Crippen LogP) is 5.68. The Morgan fingerprint density at radius 3 is 2.19 bits per heavy atom. The fourth-order valence-corrected chi connectivity index (χ4v) is 2.64. The van der Waals surface area contributed by atoms with Crippen molar-refractivity contribution in [2.45, 2.75) is 0 Å². The van der Waals surface area contributed by atoms with Crippen LogP contribution in [0.25, 0.3) is 22.3 Å². The van der Waals surface area contributed by atoms with E-state index < -0.39 is 0 Å². The van der Waals surface area contributed by atoms with E-state index in [4.69, 9.17) is 16.3 Å². The Morgan fingerprint density at radius 2 is 1.48 bits per heavy atom. The predicted molar refractivity (Wildman–Crippen MR) is 88.9 cm³/mol. The van der Waals surface area contributed by atoms with Gasteiger partial charge in [0.05, 0.1) is 7.11 Å². The second-order valence-corrected chi connectivity index (χ2v) is 5.20. The Hall–Kier alpha value is -2.25. The molecule has 0 aliphatic carbocycles. The van der Waals surface area contributed by atoms with Crippen LogP contribution in [-0.4, -0.2) is 7.11 Å². The molecule has 0 saturated heterocycles. The van der Waals surface area contributed by atoms with Crippen molar-refractivity contribution in [3.8, 4) is 28.0 Å². The Balaban J connectivity index is 2.02. The van der Waals surface area contributed by atoms with Gasteiger partial charge in [0.2, 0.25) is 0 Å². The van der Waals surface area contributed by atoms with Crippen molar-refractivity contribution in [3.63, 3.8) is 0 Å². The van der Waals surface area contributed by atoms with Crippen LogP contribution in [0.2, 0.25) is 5.02 Å². The van der Waals surface area contributed by atoms with Gasteiger partial charge >= 0.3 is 0 Å². The molecule has 1 nitrogen and oxygen atoms in total. The van der Waals surface area contributed by atoms with Gasteiger partial charge < -0.3 is 4.74 Å². The van der Waals surface area contributed by atoms with E-state index in [0.717, 1.165) is 33.0 Å². The second kappa shape index (κ2) is 6.02. The molecule has 104 valence electrons. The lowest BCUT2D eigenvalue weighted by atomic mass is 10.00. The summed E-state index contributed by atoms with van der Waals surface area (Å²) in [5.74, 6) is 0.829. The number of halogens is 1. The highest BCUT2D eigenvalue weighted by Crippen LogP contribution is 2.33. The maximum atomic E-state index is 6.47. The topological polar surface area (TPSA) is 9.23 Å². The Labute approximate surface area is 129 Å². The van der Waals surface area contributed by atoms with E-state index in [9.17, 15) is 0 Å². The van der Waals surface area contributed by atoms with Crippen LogP contribution in [0.5, 0.6) is 5.75 Å². The lowest BCUT2D eigenvalue weighted by Gasteiger charge is -2.09. The summed E-state index contributed by atoms with van der Waals surface area (Å²) >= 11 is 6.47. The van der Waals surface area contributed by atoms with Crippen LogP contribution in [-0.2, 0) is 0 Å². The molecular weight excluding hydrogens is 280 g/mol. The number of rotatable bonds is 3. The summed E-state index contributed by atoms with van der Waals surface area (Å²) in [5, 5.41) is 0.740. The summed E-state index contributed by atoms with van der Waals surface area (Å²) in [6.45, 7) is 0. The first-order valence-corrected chi connectivity index (χ1v) is 7.15. The van der Waals surface area contributed by atoms with Gasteiger partial charge in [-0.3, -0.25) is 0 Å². The zero-order chi connectivity index (χ0) is 14.7. The van der Waals surface area contributed by atoms with Gasteiger partial charge in [0.1, 0.15) is 5.75 Å². The van der Waals surface area contributed by atoms with Crippen LogP contribution >= 0.6 is 11.6 Å². The average molecular weight is 295 g/mol. The molecule has 0 fully saturated rings. The molecule has 0 bridgehead atoms. The zero-order valence-corrected chi connectivity index (χ0v) is 12.5. The summed E-state index contributed by atoms with van der Waals surface area (Å²) in [6, 6.07) is 24.3. The molecule has 0 aliphatic rings. The van der Waals surface area contributed by atoms with Gasteiger partial charge in [-0.05, 0) is 34.9 Å². The molecule has 0 amide bonds. The van der Waals surface area contributed by atoms with E-state index in [0.29, 0.717) is 0 Å². The zero-order valence-electron chi connectivity index (χ0n) is 11.7. The summed E-state index contributed by atoms with van der Waals surface area (Å²) < 4.78 is 5.27. The molecule has 0 aromatic heterocycles. The van der Waals surface area contributed by atoms with Crippen molar-refractivity contribution >= 4 is 11.6 Å². The molecule has 3 aromatic carbocycles. The van der Waals surface area contributed by atoms with Crippen LogP contribution in [0.1, 0.15) is 0 Å². The van der Waals surface area contributed by atoms with Gasteiger partial charge in [-0.15, -0.1) is 0 Å². The number of hydrogen-bond donors (Lipinski definition) is 0. The SMILES string of the molecule is COc1cccc(-c2ccc(-c3ccccc3)cc2Cl)c1. The van der Waals surface area contributed by atoms with Gasteiger partial charge in [0.25, 0.3) is 0 Å². The van der Waals surface area contributed by atoms with E-state index in [2.05, 4.69) is 24.3 Å². The van der Waals surface area contributed by atoms with Gasteiger partial charge in [0, 0.05) is 10.6 Å². The van der Waals surface area contributed by atoms with E-state index in [1.54, 1.807) is 7.11 Å². The van der Waals surface area contributed by atoms with Crippen molar-refractivity contribution in [2.75, 3.05) is 7.11 Å². The number of methoxy groups -OCH3 is 1. The number of ether oxygens (including phenoxy) is 1. The number of hydrogen-bond acceptors (Lipinski definition) is 1. The normalized spacial score (nSPS) is 10.4. The van der Waals surface area contributed by atoms with Crippen molar-refractivity contribution in [3.05, 3.63) is 77.8 Å². The highest BCUT2D eigenvalue weighted by molar-refractivity contribution is 6.33. The second-order valence-electron chi connectivity index (χ2n) is 4.79. The smallest absolute Gasteiger partial charge is 0.119 e. The fraction of sp³-hybridized carbons (Fsp3) is 0.0526. The van der Waals surface area contributed by atoms with Crippen LogP contribution in [0, 0.1) is 0 Å². The first-order valence-electron chi connectivity index (χ1n) is 6.77. The third-order valence-corrected chi connectivity index (χ3v) is 3.77. The van der Waals surface area contributed by atoms with Gasteiger partial charge in [-0.1, -0.05) is 66.2 Å². The molecule has 3 rings (SSSR count). The Bertz CT molecular complexity index is 751. The first kappa shape index (κ1) is 13.7. The Morgan fingerprint density at radius 1 is 0.714 bits per heavy atom. The van der Waals surface area contributed by atoms with Crippen LogP contribution in [0.4, 0.5) is 0 Å². The molecule has 0 atom stereocenters. The minimum atomic E-state index is 0.740. The fourth-order valence-electron chi connectivity index (χ4n) is 2.35. The van der Waals surface area contributed by atoms with Crippen LogP contribution < -0.4 is 4.74 Å². The Kier molecular flexibility index (Phi) is 3.94. The molecule has 3 aromatic rings. The standard InChI is InChI=1S/C19H15ClO/c1-21-17-9-5-8-16(12-17)18-11-10-15(13-19(18)20)14-6-3-2-4-7-14/h2-13H,1H3. The van der Waals surface area contributed by atoms with Crippen molar-refractivity contribution < 1.29 is 4.74 Å². The lowest BCUT2D eigenvalue weighted by molar-refractivity contribution is 0.415. The monoisotopic (exact) mass is 294 g/mol. The third kappa shape index (κ3) is 2.93. The third-order valence-electron chi connectivity index (χ3n) is 3.46. The highest BCUT2D eigenvalue weighted by Gasteiger charge is 2.06. The van der Waals surface area contributed by atoms with E-state index in [1.807, 2.05) is 48.5 Å². The van der Waals surface area contributed by atoms with Gasteiger partial charge in [-0.25, -0.2) is 0 Å². The maximum Gasteiger partial charge on any atom is 0.119 e. The molecule has 0 spiro atoms. The molecule has 2 heteroatoms. The van der Waals surface area contributed by atoms with Gasteiger partial charge in [-0.2, -0.15) is 0 Å². The average Bonchev–Trinajstić information content (AvgIpc) is 2.55. The molecule has 21 heavy (non-hydrogen) atoms. The number of benzene rings is 3. The van der Waals surface area contributed by atoms with E-state index in [-0.39, 0.29) is 0 Å². The maximum absolute atomic E-state index is 6.47. The molecule has 0 saturated carbocycles.